The predicted molar refractivity (Wildman–Crippen MR) is 113 cm³/mol. The standard InChI is InChI=1S/C20H14F3N7O3/c21-20(22,23)33-13-4-2-12(3-5-13)29-18-16-17(25-9-26-18)19(27-10-24-16)30-28-8-11-1-6-14(31)15(32)7-11/h1-10,31-32H,(H,24,27,30)(H,25,26,29). The van der Waals surface area contributed by atoms with Gasteiger partial charge in [-0.3, -0.25) is 5.43 Å². The highest BCUT2D eigenvalue weighted by Gasteiger charge is 2.30. The number of alkyl halides is 3. The zero-order valence-electron chi connectivity index (χ0n) is 16.4. The molecule has 13 heteroatoms. The summed E-state index contributed by atoms with van der Waals surface area (Å²) < 4.78 is 40.8. The molecule has 4 rings (SSSR count). The largest absolute Gasteiger partial charge is 0.573 e. The Balaban J connectivity index is 1.53. The highest BCUT2D eigenvalue weighted by Crippen LogP contribution is 2.28. The first-order valence-corrected chi connectivity index (χ1v) is 9.18. The van der Waals surface area contributed by atoms with Crippen LogP contribution in [0.2, 0.25) is 0 Å². The van der Waals surface area contributed by atoms with Crippen LogP contribution in [0.3, 0.4) is 0 Å². The van der Waals surface area contributed by atoms with Crippen LogP contribution in [0, 0.1) is 0 Å². The molecule has 0 bridgehead atoms. The number of anilines is 3. The molecule has 33 heavy (non-hydrogen) atoms. The predicted octanol–water partition coefficient (Wildman–Crippen LogP) is 3.92. The van der Waals surface area contributed by atoms with Gasteiger partial charge < -0.3 is 20.3 Å². The third-order valence-electron chi connectivity index (χ3n) is 4.15. The first-order valence-electron chi connectivity index (χ1n) is 9.18. The number of phenolic OH excluding ortho intramolecular Hbond substituents is 2. The number of phenols is 2. The maximum atomic E-state index is 12.3. The Morgan fingerprint density at radius 3 is 2.18 bits per heavy atom. The van der Waals surface area contributed by atoms with Crippen molar-refractivity contribution in [2.75, 3.05) is 10.7 Å². The number of halogens is 3. The minimum Gasteiger partial charge on any atom is -0.504 e. The molecule has 0 aliphatic rings. The van der Waals surface area contributed by atoms with Gasteiger partial charge in [-0.15, -0.1) is 13.2 Å². The summed E-state index contributed by atoms with van der Waals surface area (Å²) in [5.74, 6) is -0.329. The Morgan fingerprint density at radius 1 is 0.848 bits per heavy atom. The van der Waals surface area contributed by atoms with E-state index in [1.807, 2.05) is 0 Å². The fraction of sp³-hybridized carbons (Fsp3) is 0.0500. The van der Waals surface area contributed by atoms with E-state index >= 15 is 0 Å². The molecule has 0 aliphatic carbocycles. The van der Waals surface area contributed by atoms with Crippen LogP contribution < -0.4 is 15.5 Å². The fourth-order valence-electron chi connectivity index (χ4n) is 2.72. The molecule has 168 valence electrons. The summed E-state index contributed by atoms with van der Waals surface area (Å²) in [6.07, 6.45) is -0.843. The normalized spacial score (nSPS) is 11.6. The second kappa shape index (κ2) is 8.82. The monoisotopic (exact) mass is 457 g/mol. The molecule has 2 aromatic heterocycles. The van der Waals surface area contributed by atoms with Crippen LogP contribution in [-0.2, 0) is 0 Å². The minimum atomic E-state index is -4.77. The van der Waals surface area contributed by atoms with Gasteiger partial charge in [0.1, 0.15) is 29.4 Å². The summed E-state index contributed by atoms with van der Waals surface area (Å²) in [5, 5.41) is 25.9. The van der Waals surface area contributed by atoms with Crippen LogP contribution in [0.5, 0.6) is 17.2 Å². The number of nitrogens with zero attached hydrogens (tertiary/aromatic N) is 5. The van der Waals surface area contributed by atoms with E-state index in [9.17, 15) is 23.4 Å². The van der Waals surface area contributed by atoms with Gasteiger partial charge in [-0.2, -0.15) is 5.10 Å². The molecule has 2 aromatic carbocycles. The zero-order valence-corrected chi connectivity index (χ0v) is 16.4. The molecule has 0 unspecified atom stereocenters. The van der Waals surface area contributed by atoms with Crippen LogP contribution in [-0.4, -0.2) is 42.7 Å². The van der Waals surface area contributed by atoms with Crippen LogP contribution in [0.15, 0.2) is 60.2 Å². The van der Waals surface area contributed by atoms with Crippen molar-refractivity contribution in [1.29, 1.82) is 0 Å². The molecule has 0 aliphatic heterocycles. The van der Waals surface area contributed by atoms with Crippen molar-refractivity contribution < 1.29 is 28.1 Å². The topological polar surface area (TPSA) is 138 Å². The average Bonchev–Trinajstić information content (AvgIpc) is 2.77. The number of rotatable bonds is 6. The van der Waals surface area contributed by atoms with E-state index in [0.29, 0.717) is 28.1 Å². The van der Waals surface area contributed by atoms with Crippen LogP contribution in [0.25, 0.3) is 11.0 Å². The Morgan fingerprint density at radius 2 is 1.52 bits per heavy atom. The molecule has 0 saturated heterocycles. The maximum absolute atomic E-state index is 12.3. The highest BCUT2D eigenvalue weighted by molar-refractivity contribution is 5.93. The lowest BCUT2D eigenvalue weighted by molar-refractivity contribution is -0.274. The van der Waals surface area contributed by atoms with Crippen LogP contribution in [0.4, 0.5) is 30.5 Å². The van der Waals surface area contributed by atoms with Crippen LogP contribution >= 0.6 is 0 Å². The molecule has 10 nitrogen and oxygen atoms in total. The molecule has 4 aromatic rings. The lowest BCUT2D eigenvalue weighted by atomic mass is 10.2. The molecule has 0 fully saturated rings. The lowest BCUT2D eigenvalue weighted by Gasteiger charge is -2.11. The molecule has 0 spiro atoms. The van der Waals surface area contributed by atoms with Crippen molar-refractivity contribution in [2.24, 2.45) is 5.10 Å². The zero-order chi connectivity index (χ0) is 23.4. The van der Waals surface area contributed by atoms with Crippen LogP contribution in [0.1, 0.15) is 5.56 Å². The van der Waals surface area contributed by atoms with E-state index in [4.69, 9.17) is 0 Å². The molecule has 2 heterocycles. The van der Waals surface area contributed by atoms with Crippen molar-refractivity contribution in [1.82, 2.24) is 19.9 Å². The molecule has 4 N–H and O–H groups in total. The quantitative estimate of drug-likeness (QED) is 0.193. The Hall–Kier alpha value is -4.68. The second-order valence-electron chi connectivity index (χ2n) is 6.46. The summed E-state index contributed by atoms with van der Waals surface area (Å²) in [6, 6.07) is 9.32. The van der Waals surface area contributed by atoms with E-state index in [1.165, 1.54) is 43.1 Å². The number of hydrogen-bond donors (Lipinski definition) is 4. The number of benzene rings is 2. The maximum Gasteiger partial charge on any atom is 0.573 e. The molecule has 0 atom stereocenters. The average molecular weight is 457 g/mol. The highest BCUT2D eigenvalue weighted by atomic mass is 19.4. The number of aromatic nitrogens is 4. The molecule has 0 radical (unpaired) electrons. The summed E-state index contributed by atoms with van der Waals surface area (Å²) in [6.45, 7) is 0. The number of nitrogens with one attached hydrogen (secondary N) is 2. The first kappa shape index (κ1) is 21.5. The molecule has 0 amide bonds. The first-order chi connectivity index (χ1) is 15.8. The van der Waals surface area contributed by atoms with Gasteiger partial charge in [0.15, 0.2) is 23.1 Å². The van der Waals surface area contributed by atoms with Gasteiger partial charge in [0, 0.05) is 5.69 Å². The van der Waals surface area contributed by atoms with E-state index in [2.05, 4.69) is 40.5 Å². The number of hydrogen-bond acceptors (Lipinski definition) is 10. The van der Waals surface area contributed by atoms with E-state index < -0.39 is 6.36 Å². The Labute approximate surface area is 183 Å². The van der Waals surface area contributed by atoms with E-state index in [0.717, 1.165) is 12.1 Å². The smallest absolute Gasteiger partial charge is 0.504 e. The molecule has 0 saturated carbocycles. The number of fused-ring (bicyclic) bond motifs is 1. The van der Waals surface area contributed by atoms with Gasteiger partial charge in [0.05, 0.1) is 6.21 Å². The second-order valence-corrected chi connectivity index (χ2v) is 6.46. The van der Waals surface area contributed by atoms with Gasteiger partial charge in [0.2, 0.25) is 0 Å². The number of ether oxygens (including phenoxy) is 1. The third kappa shape index (κ3) is 5.33. The van der Waals surface area contributed by atoms with Crippen molar-refractivity contribution in [3.8, 4) is 17.2 Å². The lowest BCUT2D eigenvalue weighted by Crippen LogP contribution is -2.16. The van der Waals surface area contributed by atoms with Gasteiger partial charge >= 0.3 is 6.36 Å². The number of hydrazone groups is 1. The summed E-state index contributed by atoms with van der Waals surface area (Å²) in [5.41, 5.74) is 4.36. The van der Waals surface area contributed by atoms with Crippen molar-refractivity contribution in [3.63, 3.8) is 0 Å². The molecular weight excluding hydrogens is 443 g/mol. The summed E-state index contributed by atoms with van der Waals surface area (Å²) in [4.78, 5) is 16.6. The van der Waals surface area contributed by atoms with Gasteiger partial charge in [0.25, 0.3) is 0 Å². The van der Waals surface area contributed by atoms with Gasteiger partial charge in [-0.05, 0) is 48.0 Å². The summed E-state index contributed by atoms with van der Waals surface area (Å²) >= 11 is 0. The van der Waals surface area contributed by atoms with Gasteiger partial charge in [-0.1, -0.05) is 0 Å². The molecular formula is C20H14F3N7O3. The fourth-order valence-corrected chi connectivity index (χ4v) is 2.72. The van der Waals surface area contributed by atoms with Crippen molar-refractivity contribution in [2.45, 2.75) is 6.36 Å². The van der Waals surface area contributed by atoms with E-state index in [-0.39, 0.29) is 23.1 Å². The third-order valence-corrected chi connectivity index (χ3v) is 4.15. The number of aromatic hydroxyl groups is 2. The minimum absolute atomic E-state index is 0.249. The Kier molecular flexibility index (Phi) is 5.76. The Bertz CT molecular complexity index is 1310. The van der Waals surface area contributed by atoms with Crippen molar-refractivity contribution >= 4 is 34.6 Å². The summed E-state index contributed by atoms with van der Waals surface area (Å²) in [7, 11) is 0. The van der Waals surface area contributed by atoms with Gasteiger partial charge in [-0.25, -0.2) is 19.9 Å². The van der Waals surface area contributed by atoms with E-state index in [1.54, 1.807) is 6.07 Å². The SMILES string of the molecule is Oc1ccc(C=NNc2ncnc3c(Nc4ccc(OC(F)(F)F)cc4)ncnc23)cc1O. The van der Waals surface area contributed by atoms with Crippen molar-refractivity contribution in [3.05, 3.63) is 60.7 Å².